The second kappa shape index (κ2) is 6.06. The Hall–Kier alpha value is -0.810. The quantitative estimate of drug-likeness (QED) is 0.873. The van der Waals surface area contributed by atoms with Gasteiger partial charge in [-0.15, -0.1) is 0 Å². The van der Waals surface area contributed by atoms with Crippen LogP contribution in [0.4, 0.5) is 11.5 Å². The lowest BCUT2D eigenvalue weighted by Crippen LogP contribution is -2.17. The molecular formula is C11H18BrN3O. The second-order valence-corrected chi connectivity index (χ2v) is 4.74. The first-order chi connectivity index (χ1) is 7.56. The molecule has 1 aromatic rings. The summed E-state index contributed by atoms with van der Waals surface area (Å²) in [5.74, 6) is 1.27. The number of hydrogen-bond donors (Lipinski definition) is 2. The van der Waals surface area contributed by atoms with Crippen molar-refractivity contribution in [3.05, 3.63) is 16.2 Å². The van der Waals surface area contributed by atoms with Gasteiger partial charge >= 0.3 is 0 Å². The van der Waals surface area contributed by atoms with Crippen LogP contribution < -0.4 is 11.1 Å². The zero-order chi connectivity index (χ0) is 12.1. The number of nitrogens with one attached hydrogen (secondary N) is 1. The standard InChI is InChI=1S/C11H18BrN3O/c1-7(6-16-3)4-14-11-10(12)8(2)9(13)5-15-11/h5,7H,4,6,13H2,1-3H3,(H,14,15). The Morgan fingerprint density at radius 3 is 2.94 bits per heavy atom. The molecule has 1 aromatic heterocycles. The largest absolute Gasteiger partial charge is 0.397 e. The summed E-state index contributed by atoms with van der Waals surface area (Å²) in [4.78, 5) is 4.25. The van der Waals surface area contributed by atoms with Gasteiger partial charge < -0.3 is 15.8 Å². The molecule has 0 aromatic carbocycles. The highest BCUT2D eigenvalue weighted by Crippen LogP contribution is 2.27. The van der Waals surface area contributed by atoms with Gasteiger partial charge in [-0.3, -0.25) is 0 Å². The molecule has 1 unspecified atom stereocenters. The zero-order valence-electron chi connectivity index (χ0n) is 9.88. The van der Waals surface area contributed by atoms with E-state index in [4.69, 9.17) is 10.5 Å². The molecule has 90 valence electrons. The number of aromatic nitrogens is 1. The number of nitrogens with zero attached hydrogens (tertiary/aromatic N) is 1. The van der Waals surface area contributed by atoms with Crippen molar-refractivity contribution in [2.24, 2.45) is 5.92 Å². The normalized spacial score (nSPS) is 12.5. The minimum absolute atomic E-state index is 0.441. The minimum Gasteiger partial charge on any atom is -0.397 e. The molecule has 5 heteroatoms. The number of rotatable bonds is 5. The summed E-state index contributed by atoms with van der Waals surface area (Å²) in [5.41, 5.74) is 7.46. The molecule has 0 bridgehead atoms. The van der Waals surface area contributed by atoms with Gasteiger partial charge in [0.25, 0.3) is 0 Å². The SMILES string of the molecule is COCC(C)CNc1ncc(N)c(C)c1Br. The van der Waals surface area contributed by atoms with Crippen LogP contribution in [-0.4, -0.2) is 25.2 Å². The van der Waals surface area contributed by atoms with E-state index in [1.807, 2.05) is 6.92 Å². The van der Waals surface area contributed by atoms with Crippen molar-refractivity contribution >= 4 is 27.4 Å². The molecule has 0 aliphatic carbocycles. The maximum absolute atomic E-state index is 5.75. The Labute approximate surface area is 105 Å². The van der Waals surface area contributed by atoms with Gasteiger partial charge in [0, 0.05) is 13.7 Å². The topological polar surface area (TPSA) is 60.2 Å². The Balaban J connectivity index is 2.64. The van der Waals surface area contributed by atoms with Gasteiger partial charge in [0.1, 0.15) is 5.82 Å². The molecule has 1 heterocycles. The van der Waals surface area contributed by atoms with Gasteiger partial charge in [0.05, 0.1) is 23.0 Å². The maximum Gasteiger partial charge on any atom is 0.140 e. The molecule has 1 atom stereocenters. The monoisotopic (exact) mass is 287 g/mol. The van der Waals surface area contributed by atoms with Crippen LogP contribution in [0.1, 0.15) is 12.5 Å². The Morgan fingerprint density at radius 2 is 2.31 bits per heavy atom. The summed E-state index contributed by atoms with van der Waals surface area (Å²) in [7, 11) is 1.71. The smallest absolute Gasteiger partial charge is 0.140 e. The van der Waals surface area contributed by atoms with Gasteiger partial charge in [-0.05, 0) is 34.3 Å². The average molecular weight is 288 g/mol. The van der Waals surface area contributed by atoms with Crippen LogP contribution in [0.25, 0.3) is 0 Å². The number of ether oxygens (including phenoxy) is 1. The first kappa shape index (κ1) is 13.3. The molecule has 0 spiro atoms. The third-order valence-corrected chi connectivity index (χ3v) is 3.34. The van der Waals surface area contributed by atoms with E-state index in [2.05, 4.69) is 33.2 Å². The summed E-state index contributed by atoms with van der Waals surface area (Å²) >= 11 is 3.48. The van der Waals surface area contributed by atoms with E-state index in [0.29, 0.717) is 11.6 Å². The van der Waals surface area contributed by atoms with E-state index >= 15 is 0 Å². The number of halogens is 1. The predicted molar refractivity (Wildman–Crippen MR) is 70.6 cm³/mol. The third kappa shape index (κ3) is 3.35. The van der Waals surface area contributed by atoms with Crippen LogP contribution in [0.5, 0.6) is 0 Å². The highest BCUT2D eigenvalue weighted by molar-refractivity contribution is 9.10. The third-order valence-electron chi connectivity index (χ3n) is 2.37. The summed E-state index contributed by atoms with van der Waals surface area (Å²) < 4.78 is 6.00. The van der Waals surface area contributed by atoms with Crippen molar-refractivity contribution < 1.29 is 4.74 Å². The number of hydrogen-bond acceptors (Lipinski definition) is 4. The van der Waals surface area contributed by atoms with Gasteiger partial charge in [0.15, 0.2) is 0 Å². The molecule has 16 heavy (non-hydrogen) atoms. The average Bonchev–Trinajstić information content (AvgIpc) is 2.25. The molecule has 0 saturated carbocycles. The second-order valence-electron chi connectivity index (χ2n) is 3.94. The lowest BCUT2D eigenvalue weighted by atomic mass is 10.2. The molecule has 1 rings (SSSR count). The number of pyridine rings is 1. The highest BCUT2D eigenvalue weighted by atomic mass is 79.9. The Kier molecular flexibility index (Phi) is 5.02. The van der Waals surface area contributed by atoms with E-state index < -0.39 is 0 Å². The molecule has 0 amide bonds. The van der Waals surface area contributed by atoms with Crippen LogP contribution in [0.3, 0.4) is 0 Å². The van der Waals surface area contributed by atoms with E-state index in [0.717, 1.165) is 29.0 Å². The van der Waals surface area contributed by atoms with Gasteiger partial charge in [0.2, 0.25) is 0 Å². The van der Waals surface area contributed by atoms with Gasteiger partial charge in [-0.25, -0.2) is 4.98 Å². The summed E-state index contributed by atoms with van der Waals surface area (Å²) in [5, 5.41) is 3.27. The molecular weight excluding hydrogens is 270 g/mol. The molecule has 0 fully saturated rings. The number of nitrogen functional groups attached to an aromatic ring is 1. The van der Waals surface area contributed by atoms with Gasteiger partial charge in [-0.1, -0.05) is 6.92 Å². The van der Waals surface area contributed by atoms with E-state index in [1.54, 1.807) is 13.3 Å². The molecule has 0 radical (unpaired) electrons. The van der Waals surface area contributed by atoms with Crippen molar-refractivity contribution in [2.45, 2.75) is 13.8 Å². The lowest BCUT2D eigenvalue weighted by Gasteiger charge is -2.14. The lowest BCUT2D eigenvalue weighted by molar-refractivity contribution is 0.164. The number of methoxy groups -OCH3 is 1. The van der Waals surface area contributed by atoms with Crippen molar-refractivity contribution in [1.29, 1.82) is 0 Å². The van der Waals surface area contributed by atoms with Crippen molar-refractivity contribution in [3.63, 3.8) is 0 Å². The van der Waals surface area contributed by atoms with E-state index in [9.17, 15) is 0 Å². The number of anilines is 2. The van der Waals surface area contributed by atoms with Crippen molar-refractivity contribution in [2.75, 3.05) is 31.3 Å². The van der Waals surface area contributed by atoms with Crippen LogP contribution in [0.2, 0.25) is 0 Å². The summed E-state index contributed by atoms with van der Waals surface area (Å²) in [6, 6.07) is 0. The fourth-order valence-electron chi connectivity index (χ4n) is 1.33. The highest BCUT2D eigenvalue weighted by Gasteiger charge is 2.08. The zero-order valence-corrected chi connectivity index (χ0v) is 11.5. The first-order valence-electron chi connectivity index (χ1n) is 5.19. The van der Waals surface area contributed by atoms with Crippen LogP contribution in [0, 0.1) is 12.8 Å². The predicted octanol–water partition coefficient (Wildman–Crippen LogP) is 2.43. The maximum atomic E-state index is 5.75. The van der Waals surface area contributed by atoms with Crippen LogP contribution in [-0.2, 0) is 4.74 Å². The summed E-state index contributed by atoms with van der Waals surface area (Å²) in [6.07, 6.45) is 1.67. The Morgan fingerprint density at radius 1 is 1.62 bits per heavy atom. The van der Waals surface area contributed by atoms with Crippen molar-refractivity contribution in [3.8, 4) is 0 Å². The first-order valence-corrected chi connectivity index (χ1v) is 5.99. The number of nitrogens with two attached hydrogens (primary N) is 1. The molecule has 0 aliphatic heterocycles. The molecule has 0 saturated heterocycles. The van der Waals surface area contributed by atoms with E-state index in [1.165, 1.54) is 0 Å². The minimum atomic E-state index is 0.441. The van der Waals surface area contributed by atoms with Crippen LogP contribution in [0.15, 0.2) is 10.7 Å². The van der Waals surface area contributed by atoms with Crippen LogP contribution >= 0.6 is 15.9 Å². The summed E-state index contributed by atoms with van der Waals surface area (Å²) in [6.45, 7) is 5.64. The fourth-order valence-corrected chi connectivity index (χ4v) is 1.80. The molecule has 4 nitrogen and oxygen atoms in total. The Bertz CT molecular complexity index is 357. The molecule has 0 aliphatic rings. The van der Waals surface area contributed by atoms with Gasteiger partial charge in [-0.2, -0.15) is 0 Å². The molecule has 3 N–H and O–H groups in total. The van der Waals surface area contributed by atoms with Crippen molar-refractivity contribution in [1.82, 2.24) is 4.98 Å². The fraction of sp³-hybridized carbons (Fsp3) is 0.545. The van der Waals surface area contributed by atoms with E-state index in [-0.39, 0.29) is 0 Å².